The van der Waals surface area contributed by atoms with Gasteiger partial charge in [0.05, 0.1) is 24.9 Å². The fourth-order valence-corrected chi connectivity index (χ4v) is 6.90. The molecule has 0 aromatic rings. The Bertz CT molecular complexity index is 596. The minimum atomic E-state index is -1.79. The van der Waals surface area contributed by atoms with E-state index in [2.05, 4.69) is 54.6 Å². The first-order valence-electron chi connectivity index (χ1n) is 16.1. The van der Waals surface area contributed by atoms with Crippen molar-refractivity contribution in [2.75, 3.05) is 6.61 Å². The van der Waals surface area contributed by atoms with Gasteiger partial charge in [0.1, 0.15) is 0 Å². The van der Waals surface area contributed by atoms with E-state index in [1.807, 2.05) is 0 Å². The van der Waals surface area contributed by atoms with Gasteiger partial charge < -0.3 is 18.6 Å². The molecule has 0 bridgehead atoms. The van der Waals surface area contributed by atoms with Crippen LogP contribution in [0.4, 0.5) is 0 Å². The predicted molar refractivity (Wildman–Crippen MR) is 160 cm³/mol. The fourth-order valence-electron chi connectivity index (χ4n) is 5.48. The third kappa shape index (κ3) is 14.3. The highest BCUT2D eigenvalue weighted by Gasteiger charge is 2.41. The molecule has 0 unspecified atom stereocenters. The monoisotopic (exact) mass is 540 g/mol. The number of hydrogen-bond donors (Lipinski definition) is 0. The van der Waals surface area contributed by atoms with Gasteiger partial charge in [-0.3, -0.25) is 0 Å². The van der Waals surface area contributed by atoms with Gasteiger partial charge in [-0.2, -0.15) is 0 Å². The average Bonchev–Trinajstić information content (AvgIpc) is 3.60. The molecule has 2 aliphatic rings. The first-order valence-corrected chi connectivity index (χ1v) is 19.0. The SMILES string of the molecule is CCCCCCCCCCCCCC[C@@H](CC[C@H]1C[C@@H](C[C@H]2CO2)OC(C)(C)O1)O[Si](C)(C)C(C)(C)C. The number of ether oxygens (including phenoxy) is 3. The summed E-state index contributed by atoms with van der Waals surface area (Å²) in [6.45, 7) is 19.2. The van der Waals surface area contributed by atoms with Gasteiger partial charge >= 0.3 is 0 Å². The maximum absolute atomic E-state index is 6.98. The van der Waals surface area contributed by atoms with Gasteiger partial charge in [0.15, 0.2) is 14.1 Å². The van der Waals surface area contributed by atoms with Crippen molar-refractivity contribution in [2.24, 2.45) is 0 Å². The molecule has 0 N–H and O–H groups in total. The Labute approximate surface area is 232 Å². The highest BCUT2D eigenvalue weighted by atomic mass is 28.4. The average molecular weight is 541 g/mol. The Morgan fingerprint density at radius 1 is 0.784 bits per heavy atom. The Morgan fingerprint density at radius 2 is 1.30 bits per heavy atom. The Hall–Kier alpha value is 0.0569. The molecule has 2 aliphatic heterocycles. The van der Waals surface area contributed by atoms with Crippen LogP contribution in [0.3, 0.4) is 0 Å². The number of hydrogen-bond acceptors (Lipinski definition) is 4. The molecular formula is C32H64O4Si. The lowest BCUT2D eigenvalue weighted by Gasteiger charge is -2.42. The minimum Gasteiger partial charge on any atom is -0.414 e. The van der Waals surface area contributed by atoms with Crippen LogP contribution in [0.5, 0.6) is 0 Å². The Kier molecular flexibility index (Phi) is 14.7. The van der Waals surface area contributed by atoms with Crippen LogP contribution in [-0.2, 0) is 18.6 Å². The van der Waals surface area contributed by atoms with E-state index in [1.54, 1.807) is 0 Å². The van der Waals surface area contributed by atoms with E-state index < -0.39 is 14.1 Å². The second-order valence-electron chi connectivity index (χ2n) is 14.1. The number of epoxide rings is 1. The van der Waals surface area contributed by atoms with Crippen molar-refractivity contribution in [3.63, 3.8) is 0 Å². The molecule has 0 aliphatic carbocycles. The van der Waals surface area contributed by atoms with Gasteiger partial charge in [-0.25, -0.2) is 0 Å². The third-order valence-corrected chi connectivity index (χ3v) is 13.3. The smallest absolute Gasteiger partial charge is 0.192 e. The molecule has 4 atom stereocenters. The van der Waals surface area contributed by atoms with Crippen LogP contribution >= 0.6 is 0 Å². The molecular weight excluding hydrogens is 476 g/mol. The lowest BCUT2D eigenvalue weighted by atomic mass is 9.97. The predicted octanol–water partition coefficient (Wildman–Crippen LogP) is 9.95. The van der Waals surface area contributed by atoms with E-state index in [1.165, 1.54) is 83.5 Å². The molecule has 2 heterocycles. The summed E-state index contributed by atoms with van der Waals surface area (Å²) in [6.07, 6.45) is 23.4. The molecule has 0 radical (unpaired) electrons. The van der Waals surface area contributed by atoms with Crippen molar-refractivity contribution in [2.45, 2.75) is 199 Å². The van der Waals surface area contributed by atoms with Crippen LogP contribution in [0.1, 0.15) is 151 Å². The second kappa shape index (κ2) is 16.4. The summed E-state index contributed by atoms with van der Waals surface area (Å²) in [5.41, 5.74) is 0. The first kappa shape index (κ1) is 33.3. The molecule has 0 spiro atoms. The van der Waals surface area contributed by atoms with Crippen LogP contribution in [0, 0.1) is 0 Å². The second-order valence-corrected chi connectivity index (χ2v) is 18.8. The van der Waals surface area contributed by atoms with Gasteiger partial charge in [0.25, 0.3) is 0 Å². The van der Waals surface area contributed by atoms with E-state index in [9.17, 15) is 0 Å². The lowest BCUT2D eigenvalue weighted by Crippen LogP contribution is -2.46. The Balaban J connectivity index is 1.73. The highest BCUT2D eigenvalue weighted by Crippen LogP contribution is 2.39. The molecule has 2 fully saturated rings. The minimum absolute atomic E-state index is 0.244. The Morgan fingerprint density at radius 3 is 1.81 bits per heavy atom. The lowest BCUT2D eigenvalue weighted by molar-refractivity contribution is -0.302. The zero-order valence-corrected chi connectivity index (χ0v) is 27.2. The molecule has 0 aromatic heterocycles. The van der Waals surface area contributed by atoms with E-state index in [0.29, 0.717) is 12.2 Å². The van der Waals surface area contributed by atoms with Gasteiger partial charge in [-0.05, 0) is 51.2 Å². The molecule has 2 rings (SSSR count). The normalized spacial score (nSPS) is 24.8. The van der Waals surface area contributed by atoms with Crippen LogP contribution in [0.25, 0.3) is 0 Å². The third-order valence-electron chi connectivity index (χ3n) is 8.81. The molecule has 2 saturated heterocycles. The van der Waals surface area contributed by atoms with Gasteiger partial charge in [0.2, 0.25) is 0 Å². The van der Waals surface area contributed by atoms with E-state index >= 15 is 0 Å². The molecule has 4 nitrogen and oxygen atoms in total. The number of unbranched alkanes of at least 4 members (excludes halogenated alkanes) is 11. The van der Waals surface area contributed by atoms with Crippen LogP contribution in [0.2, 0.25) is 18.1 Å². The van der Waals surface area contributed by atoms with Crippen LogP contribution in [-0.4, -0.2) is 45.1 Å². The van der Waals surface area contributed by atoms with Crippen molar-refractivity contribution in [3.05, 3.63) is 0 Å². The topological polar surface area (TPSA) is 40.2 Å². The summed E-state index contributed by atoms with van der Waals surface area (Å²) in [4.78, 5) is 0. The number of rotatable bonds is 20. The van der Waals surface area contributed by atoms with Crippen molar-refractivity contribution < 1.29 is 18.6 Å². The summed E-state index contributed by atoms with van der Waals surface area (Å²) < 4.78 is 25.0. The summed E-state index contributed by atoms with van der Waals surface area (Å²) in [6, 6.07) is 0. The summed E-state index contributed by atoms with van der Waals surface area (Å²) >= 11 is 0. The molecule has 0 aromatic carbocycles. The maximum Gasteiger partial charge on any atom is 0.192 e. The van der Waals surface area contributed by atoms with Gasteiger partial charge in [0, 0.05) is 18.9 Å². The van der Waals surface area contributed by atoms with Crippen molar-refractivity contribution >= 4 is 8.32 Å². The zero-order chi connectivity index (χ0) is 27.4. The van der Waals surface area contributed by atoms with E-state index in [4.69, 9.17) is 18.6 Å². The largest absolute Gasteiger partial charge is 0.414 e. The van der Waals surface area contributed by atoms with Crippen LogP contribution < -0.4 is 0 Å². The molecule has 37 heavy (non-hydrogen) atoms. The van der Waals surface area contributed by atoms with Gasteiger partial charge in [-0.1, -0.05) is 105 Å². The molecule has 0 amide bonds. The molecule has 0 saturated carbocycles. The molecule has 220 valence electrons. The summed E-state index contributed by atoms with van der Waals surface area (Å²) in [5, 5.41) is 0.244. The first-order chi connectivity index (χ1) is 17.4. The van der Waals surface area contributed by atoms with E-state index in [-0.39, 0.29) is 17.2 Å². The van der Waals surface area contributed by atoms with Crippen molar-refractivity contribution in [1.82, 2.24) is 0 Å². The van der Waals surface area contributed by atoms with Gasteiger partial charge in [-0.15, -0.1) is 0 Å². The quantitative estimate of drug-likeness (QED) is 0.0875. The fraction of sp³-hybridized carbons (Fsp3) is 1.00. The van der Waals surface area contributed by atoms with Crippen molar-refractivity contribution in [3.8, 4) is 0 Å². The van der Waals surface area contributed by atoms with Crippen molar-refractivity contribution in [1.29, 1.82) is 0 Å². The maximum atomic E-state index is 6.98. The van der Waals surface area contributed by atoms with E-state index in [0.717, 1.165) is 32.3 Å². The standard InChI is InChI=1S/C32H64O4Si/c1-9-10-11-12-13-14-15-16-17-18-19-20-21-27(36-37(7,8)31(2,3)4)22-23-28-24-29(25-30-26-33-30)35-32(5,6)34-28/h27-30H,9-26H2,1-8H3/t27-,28-,29-,30-/m0/s1. The highest BCUT2D eigenvalue weighted by molar-refractivity contribution is 6.74. The summed E-state index contributed by atoms with van der Waals surface area (Å²) in [5.74, 6) is -0.506. The zero-order valence-electron chi connectivity index (χ0n) is 26.2. The summed E-state index contributed by atoms with van der Waals surface area (Å²) in [7, 11) is -1.79. The van der Waals surface area contributed by atoms with Crippen LogP contribution in [0.15, 0.2) is 0 Å². The molecule has 5 heteroatoms.